The highest BCUT2D eigenvalue weighted by atomic mass is 16.5. The molecule has 0 unspecified atom stereocenters. The van der Waals surface area contributed by atoms with Crippen LogP contribution < -0.4 is 5.32 Å². The molecule has 1 amide bonds. The molecule has 1 saturated heterocycles. The number of aliphatic hydroxyl groups excluding tert-OH is 1. The lowest BCUT2D eigenvalue weighted by Crippen LogP contribution is -2.44. The fourth-order valence-electron chi connectivity index (χ4n) is 3.54. The molecule has 2 N–H and O–H groups in total. The van der Waals surface area contributed by atoms with E-state index in [1.54, 1.807) is 0 Å². The van der Waals surface area contributed by atoms with Crippen molar-refractivity contribution < 1.29 is 14.6 Å². The topological polar surface area (TPSA) is 58.6 Å². The van der Waals surface area contributed by atoms with Crippen LogP contribution in [0.1, 0.15) is 36.3 Å². The summed E-state index contributed by atoms with van der Waals surface area (Å²) < 4.78 is 5.39. The quantitative estimate of drug-likeness (QED) is 0.804. The minimum absolute atomic E-state index is 0.0158. The molecule has 26 heavy (non-hydrogen) atoms. The molecule has 0 bridgehead atoms. The normalized spacial score (nSPS) is 16.4. The number of nitrogens with one attached hydrogen (secondary N) is 1. The van der Waals surface area contributed by atoms with Crippen LogP contribution in [0.25, 0.3) is 0 Å². The van der Waals surface area contributed by atoms with Gasteiger partial charge in [-0.25, -0.2) is 0 Å². The number of rotatable bonds is 7. The maximum atomic E-state index is 12.7. The van der Waals surface area contributed by atoms with Crippen LogP contribution >= 0.6 is 0 Å². The van der Waals surface area contributed by atoms with Gasteiger partial charge in [0.25, 0.3) is 0 Å². The van der Waals surface area contributed by atoms with Gasteiger partial charge in [0.1, 0.15) is 0 Å². The van der Waals surface area contributed by atoms with Crippen LogP contribution in [-0.2, 0) is 9.53 Å². The summed E-state index contributed by atoms with van der Waals surface area (Å²) in [5, 5.41) is 12.8. The molecular formula is C22H27NO3. The third-order valence-corrected chi connectivity index (χ3v) is 5.34. The molecule has 0 aliphatic carbocycles. The number of ether oxygens (including phenoxy) is 1. The summed E-state index contributed by atoms with van der Waals surface area (Å²) in [6, 6.07) is 20.3. The Balaban J connectivity index is 1.68. The van der Waals surface area contributed by atoms with E-state index in [-0.39, 0.29) is 23.8 Å². The number of benzene rings is 2. The first-order valence-corrected chi connectivity index (χ1v) is 9.28. The van der Waals surface area contributed by atoms with E-state index in [0.717, 1.165) is 24.0 Å². The largest absolute Gasteiger partial charge is 0.396 e. The summed E-state index contributed by atoms with van der Waals surface area (Å²) in [7, 11) is 0. The van der Waals surface area contributed by atoms with Crippen LogP contribution in [0.3, 0.4) is 0 Å². The molecule has 4 heteroatoms. The average Bonchev–Trinajstić information content (AvgIpc) is 2.72. The number of hydrogen-bond acceptors (Lipinski definition) is 3. The predicted octanol–water partition coefficient (Wildman–Crippen LogP) is 3.11. The Morgan fingerprint density at radius 1 is 1.00 bits per heavy atom. The fraction of sp³-hybridized carbons (Fsp3) is 0.409. The second-order valence-corrected chi connectivity index (χ2v) is 7.13. The van der Waals surface area contributed by atoms with Crippen LogP contribution in [0.2, 0.25) is 0 Å². The van der Waals surface area contributed by atoms with Gasteiger partial charge in [0.2, 0.25) is 5.91 Å². The van der Waals surface area contributed by atoms with Gasteiger partial charge < -0.3 is 15.2 Å². The SMILES string of the molecule is O=C(CC(c1ccccc1)c1ccccc1)NCC1(CO)CCOCC1. The average molecular weight is 353 g/mol. The molecule has 1 heterocycles. The number of hydrogen-bond donors (Lipinski definition) is 2. The monoisotopic (exact) mass is 353 g/mol. The van der Waals surface area contributed by atoms with Gasteiger partial charge >= 0.3 is 0 Å². The first kappa shape index (κ1) is 18.6. The van der Waals surface area contributed by atoms with Crippen LogP contribution in [0.5, 0.6) is 0 Å². The first-order chi connectivity index (χ1) is 12.7. The van der Waals surface area contributed by atoms with Crippen molar-refractivity contribution in [3.63, 3.8) is 0 Å². The van der Waals surface area contributed by atoms with Gasteiger partial charge in [-0.1, -0.05) is 60.7 Å². The van der Waals surface area contributed by atoms with Crippen molar-refractivity contribution in [2.45, 2.75) is 25.2 Å². The Bertz CT molecular complexity index is 642. The van der Waals surface area contributed by atoms with Crippen molar-refractivity contribution in [3.8, 4) is 0 Å². The van der Waals surface area contributed by atoms with E-state index >= 15 is 0 Å². The molecule has 2 aromatic rings. The Morgan fingerprint density at radius 3 is 2.04 bits per heavy atom. The zero-order valence-electron chi connectivity index (χ0n) is 15.1. The lowest BCUT2D eigenvalue weighted by atomic mass is 9.81. The second-order valence-electron chi connectivity index (χ2n) is 7.13. The highest BCUT2D eigenvalue weighted by molar-refractivity contribution is 5.77. The summed E-state index contributed by atoms with van der Waals surface area (Å²) >= 11 is 0. The van der Waals surface area contributed by atoms with Gasteiger partial charge in [-0.2, -0.15) is 0 Å². The van der Waals surface area contributed by atoms with Crippen molar-refractivity contribution in [1.29, 1.82) is 0 Å². The summed E-state index contributed by atoms with van der Waals surface area (Å²) in [5.41, 5.74) is 2.02. The van der Waals surface area contributed by atoms with E-state index in [9.17, 15) is 9.90 Å². The molecule has 1 aliphatic rings. The van der Waals surface area contributed by atoms with Gasteiger partial charge in [-0.15, -0.1) is 0 Å². The van der Waals surface area contributed by atoms with Crippen molar-refractivity contribution in [2.75, 3.05) is 26.4 Å². The Kier molecular flexibility index (Phi) is 6.42. The predicted molar refractivity (Wildman–Crippen MR) is 102 cm³/mol. The number of aliphatic hydroxyl groups is 1. The molecule has 0 radical (unpaired) electrons. The molecule has 1 aliphatic heterocycles. The highest BCUT2D eigenvalue weighted by Crippen LogP contribution is 2.30. The summed E-state index contributed by atoms with van der Waals surface area (Å²) in [5.74, 6) is 0.0409. The maximum absolute atomic E-state index is 12.7. The fourth-order valence-corrected chi connectivity index (χ4v) is 3.54. The number of carbonyl (C=O) groups is 1. The number of carbonyl (C=O) groups excluding carboxylic acids is 1. The third kappa shape index (κ3) is 4.71. The zero-order valence-corrected chi connectivity index (χ0v) is 15.1. The molecule has 2 aromatic carbocycles. The molecule has 3 rings (SSSR count). The molecule has 4 nitrogen and oxygen atoms in total. The van der Waals surface area contributed by atoms with Crippen molar-refractivity contribution in [2.24, 2.45) is 5.41 Å². The van der Waals surface area contributed by atoms with Crippen LogP contribution in [0, 0.1) is 5.41 Å². The molecular weight excluding hydrogens is 326 g/mol. The smallest absolute Gasteiger partial charge is 0.220 e. The molecule has 0 saturated carbocycles. The van der Waals surface area contributed by atoms with Crippen LogP contribution in [-0.4, -0.2) is 37.4 Å². The van der Waals surface area contributed by atoms with E-state index in [1.165, 1.54) is 0 Å². The van der Waals surface area contributed by atoms with Crippen molar-refractivity contribution >= 4 is 5.91 Å². The zero-order chi connectivity index (χ0) is 18.2. The van der Waals surface area contributed by atoms with E-state index < -0.39 is 0 Å². The van der Waals surface area contributed by atoms with E-state index in [4.69, 9.17) is 4.74 Å². The van der Waals surface area contributed by atoms with E-state index in [1.807, 2.05) is 36.4 Å². The van der Waals surface area contributed by atoms with Crippen molar-refractivity contribution in [3.05, 3.63) is 71.8 Å². The van der Waals surface area contributed by atoms with Gasteiger partial charge in [0, 0.05) is 37.5 Å². The van der Waals surface area contributed by atoms with Crippen molar-refractivity contribution in [1.82, 2.24) is 5.32 Å². The second kappa shape index (κ2) is 8.97. The van der Waals surface area contributed by atoms with E-state index in [2.05, 4.69) is 29.6 Å². The lowest BCUT2D eigenvalue weighted by molar-refractivity contribution is -0.122. The highest BCUT2D eigenvalue weighted by Gasteiger charge is 2.32. The molecule has 0 aromatic heterocycles. The Hall–Kier alpha value is -2.17. The number of amides is 1. The van der Waals surface area contributed by atoms with Crippen LogP contribution in [0.15, 0.2) is 60.7 Å². The third-order valence-electron chi connectivity index (χ3n) is 5.34. The summed E-state index contributed by atoms with van der Waals surface area (Å²) in [6.07, 6.45) is 1.96. The first-order valence-electron chi connectivity index (χ1n) is 9.28. The Morgan fingerprint density at radius 2 is 1.54 bits per heavy atom. The van der Waals surface area contributed by atoms with Gasteiger partial charge in [-0.05, 0) is 24.0 Å². The summed E-state index contributed by atoms with van der Waals surface area (Å²) in [6.45, 7) is 1.87. The van der Waals surface area contributed by atoms with Gasteiger partial charge in [0.15, 0.2) is 0 Å². The minimum Gasteiger partial charge on any atom is -0.396 e. The van der Waals surface area contributed by atoms with E-state index in [0.29, 0.717) is 26.2 Å². The minimum atomic E-state index is -0.247. The molecule has 0 atom stereocenters. The molecule has 138 valence electrons. The van der Waals surface area contributed by atoms with Crippen LogP contribution in [0.4, 0.5) is 0 Å². The lowest BCUT2D eigenvalue weighted by Gasteiger charge is -2.35. The molecule has 1 fully saturated rings. The maximum Gasteiger partial charge on any atom is 0.220 e. The summed E-state index contributed by atoms with van der Waals surface area (Å²) in [4.78, 5) is 12.7. The standard InChI is InChI=1S/C22H27NO3/c24-17-22(11-13-26-14-12-22)16-23-21(25)15-20(18-7-3-1-4-8-18)19-9-5-2-6-10-19/h1-10,20,24H,11-17H2,(H,23,25). The van der Waals surface area contributed by atoms with Gasteiger partial charge in [0.05, 0.1) is 6.61 Å². The van der Waals surface area contributed by atoms with Gasteiger partial charge in [-0.3, -0.25) is 4.79 Å². The Labute approximate surface area is 155 Å². The molecule has 0 spiro atoms.